The second-order valence-electron chi connectivity index (χ2n) is 2.85. The summed E-state index contributed by atoms with van der Waals surface area (Å²) in [6.07, 6.45) is 3.29. The van der Waals surface area contributed by atoms with Crippen LogP contribution in [0, 0.1) is 0 Å². The number of hydrogen-bond acceptors (Lipinski definition) is 3. The molecule has 1 atom stereocenters. The van der Waals surface area contributed by atoms with Crippen LogP contribution in [0.3, 0.4) is 0 Å². The van der Waals surface area contributed by atoms with Gasteiger partial charge in [0.15, 0.2) is 0 Å². The Bertz CT molecular complexity index is 380. The SMILES string of the molecule is C[C@H](NS(=O)(=O)CBr)c1cccnc1. The van der Waals surface area contributed by atoms with E-state index in [9.17, 15) is 8.42 Å². The standard InChI is InChI=1S/C8H11BrN2O2S/c1-7(11-14(12,13)6-9)8-3-2-4-10-5-8/h2-5,7,11H,6H2,1H3/t7-/m0/s1. The molecule has 0 unspecified atom stereocenters. The molecule has 0 aliphatic heterocycles. The molecular formula is C8H11BrN2O2S. The van der Waals surface area contributed by atoms with Gasteiger partial charge >= 0.3 is 0 Å². The number of sulfonamides is 1. The van der Waals surface area contributed by atoms with Crippen molar-refractivity contribution in [3.05, 3.63) is 30.1 Å². The summed E-state index contributed by atoms with van der Waals surface area (Å²) in [6.45, 7) is 1.78. The van der Waals surface area contributed by atoms with Gasteiger partial charge in [-0.15, -0.1) is 0 Å². The van der Waals surface area contributed by atoms with E-state index in [0.29, 0.717) is 0 Å². The normalized spacial score (nSPS) is 13.9. The van der Waals surface area contributed by atoms with Crippen LogP contribution in [0.4, 0.5) is 0 Å². The number of rotatable bonds is 4. The van der Waals surface area contributed by atoms with Gasteiger partial charge in [-0.25, -0.2) is 13.1 Å². The number of alkyl halides is 1. The molecule has 0 saturated carbocycles. The van der Waals surface area contributed by atoms with E-state index < -0.39 is 10.0 Å². The van der Waals surface area contributed by atoms with E-state index in [2.05, 4.69) is 25.6 Å². The first kappa shape index (κ1) is 11.6. The van der Waals surface area contributed by atoms with Crippen LogP contribution in [-0.2, 0) is 10.0 Å². The van der Waals surface area contributed by atoms with E-state index in [-0.39, 0.29) is 10.7 Å². The molecular weight excluding hydrogens is 268 g/mol. The topological polar surface area (TPSA) is 59.1 Å². The van der Waals surface area contributed by atoms with E-state index in [1.807, 2.05) is 6.07 Å². The Balaban J connectivity index is 2.74. The van der Waals surface area contributed by atoms with Gasteiger partial charge in [-0.3, -0.25) is 4.98 Å². The Hall–Kier alpha value is -0.460. The van der Waals surface area contributed by atoms with E-state index in [4.69, 9.17) is 0 Å². The lowest BCUT2D eigenvalue weighted by Gasteiger charge is -2.12. The van der Waals surface area contributed by atoms with E-state index in [0.717, 1.165) is 5.56 Å². The van der Waals surface area contributed by atoms with Crippen molar-refractivity contribution in [3.8, 4) is 0 Å². The summed E-state index contributed by atoms with van der Waals surface area (Å²) in [7, 11) is -3.23. The minimum atomic E-state index is -3.23. The van der Waals surface area contributed by atoms with Crippen LogP contribution in [0.25, 0.3) is 0 Å². The second kappa shape index (κ2) is 4.86. The molecule has 14 heavy (non-hydrogen) atoms. The zero-order valence-electron chi connectivity index (χ0n) is 7.64. The predicted octanol–water partition coefficient (Wildman–Crippen LogP) is 1.41. The molecule has 1 heterocycles. The largest absolute Gasteiger partial charge is 0.264 e. The quantitative estimate of drug-likeness (QED) is 0.848. The van der Waals surface area contributed by atoms with E-state index in [1.165, 1.54) is 0 Å². The third-order valence-electron chi connectivity index (χ3n) is 1.68. The average Bonchev–Trinajstić information content (AvgIpc) is 2.19. The van der Waals surface area contributed by atoms with E-state index in [1.54, 1.807) is 25.4 Å². The summed E-state index contributed by atoms with van der Waals surface area (Å²) in [5, 5.41) is 0. The van der Waals surface area contributed by atoms with Crippen molar-refractivity contribution in [2.45, 2.75) is 13.0 Å². The summed E-state index contributed by atoms with van der Waals surface area (Å²) < 4.78 is 24.8. The minimum absolute atomic E-state index is 0.0927. The Labute approximate surface area is 91.9 Å². The maximum atomic E-state index is 11.2. The van der Waals surface area contributed by atoms with Crippen molar-refractivity contribution < 1.29 is 8.42 Å². The number of hydrogen-bond donors (Lipinski definition) is 1. The molecule has 0 amide bonds. The smallest absolute Gasteiger partial charge is 0.222 e. The van der Waals surface area contributed by atoms with Gasteiger partial charge in [0.1, 0.15) is 4.66 Å². The molecule has 0 aliphatic carbocycles. The molecule has 0 aliphatic rings. The monoisotopic (exact) mass is 278 g/mol. The lowest BCUT2D eigenvalue weighted by molar-refractivity contribution is 0.572. The number of nitrogens with one attached hydrogen (secondary N) is 1. The highest BCUT2D eigenvalue weighted by atomic mass is 79.9. The molecule has 0 fully saturated rings. The minimum Gasteiger partial charge on any atom is -0.264 e. The number of nitrogens with zero attached hydrogens (tertiary/aromatic N) is 1. The molecule has 0 spiro atoms. The molecule has 6 heteroatoms. The Kier molecular flexibility index (Phi) is 4.03. The summed E-state index contributed by atoms with van der Waals surface area (Å²) in [5.74, 6) is 0. The molecule has 0 aromatic carbocycles. The van der Waals surface area contributed by atoms with Crippen LogP contribution >= 0.6 is 15.9 Å². The molecule has 4 nitrogen and oxygen atoms in total. The molecule has 1 rings (SSSR count). The van der Waals surface area contributed by atoms with Crippen molar-refractivity contribution >= 4 is 26.0 Å². The fourth-order valence-electron chi connectivity index (χ4n) is 1.00. The van der Waals surface area contributed by atoms with Crippen molar-refractivity contribution in [1.82, 2.24) is 9.71 Å². The first-order valence-corrected chi connectivity index (χ1v) is 6.78. The van der Waals surface area contributed by atoms with Crippen LogP contribution in [0.1, 0.15) is 18.5 Å². The van der Waals surface area contributed by atoms with Gasteiger partial charge in [-0.2, -0.15) is 0 Å². The van der Waals surface area contributed by atoms with Crippen molar-refractivity contribution in [2.75, 3.05) is 4.66 Å². The van der Waals surface area contributed by atoms with Crippen LogP contribution in [-0.4, -0.2) is 18.1 Å². The highest BCUT2D eigenvalue weighted by molar-refractivity contribution is 9.10. The highest BCUT2D eigenvalue weighted by Crippen LogP contribution is 2.11. The fraction of sp³-hybridized carbons (Fsp3) is 0.375. The lowest BCUT2D eigenvalue weighted by atomic mass is 10.2. The second-order valence-corrected chi connectivity index (χ2v) is 5.91. The maximum absolute atomic E-state index is 11.2. The number of pyridine rings is 1. The van der Waals surface area contributed by atoms with Gasteiger partial charge in [0.2, 0.25) is 10.0 Å². The molecule has 1 aromatic rings. The zero-order valence-corrected chi connectivity index (χ0v) is 10.0. The third kappa shape index (κ3) is 3.36. The molecule has 0 radical (unpaired) electrons. The van der Waals surface area contributed by atoms with Crippen molar-refractivity contribution in [1.29, 1.82) is 0 Å². The Morgan fingerprint density at radius 1 is 1.64 bits per heavy atom. The van der Waals surface area contributed by atoms with Crippen LogP contribution in [0.5, 0.6) is 0 Å². The number of halogens is 1. The Morgan fingerprint density at radius 3 is 2.86 bits per heavy atom. The zero-order chi connectivity index (χ0) is 10.6. The van der Waals surface area contributed by atoms with Gasteiger partial charge in [0.05, 0.1) is 0 Å². The average molecular weight is 279 g/mol. The highest BCUT2D eigenvalue weighted by Gasteiger charge is 2.13. The van der Waals surface area contributed by atoms with Crippen LogP contribution in [0.15, 0.2) is 24.5 Å². The summed E-state index contributed by atoms with van der Waals surface area (Å²) >= 11 is 2.91. The molecule has 0 bridgehead atoms. The maximum Gasteiger partial charge on any atom is 0.222 e. The van der Waals surface area contributed by atoms with Gasteiger partial charge in [-0.05, 0) is 18.6 Å². The predicted molar refractivity (Wildman–Crippen MR) is 58.5 cm³/mol. The van der Waals surface area contributed by atoms with Gasteiger partial charge in [-0.1, -0.05) is 22.0 Å². The van der Waals surface area contributed by atoms with Crippen molar-refractivity contribution in [3.63, 3.8) is 0 Å². The molecule has 1 aromatic heterocycles. The Morgan fingerprint density at radius 2 is 2.36 bits per heavy atom. The van der Waals surface area contributed by atoms with Gasteiger partial charge in [0.25, 0.3) is 0 Å². The first-order valence-electron chi connectivity index (χ1n) is 4.01. The number of aromatic nitrogens is 1. The fourth-order valence-corrected chi connectivity index (χ4v) is 2.14. The van der Waals surface area contributed by atoms with Gasteiger partial charge in [0, 0.05) is 18.4 Å². The molecule has 1 N–H and O–H groups in total. The van der Waals surface area contributed by atoms with E-state index >= 15 is 0 Å². The third-order valence-corrected chi connectivity index (χ3v) is 4.49. The molecule has 0 saturated heterocycles. The first-order chi connectivity index (χ1) is 6.55. The molecule has 78 valence electrons. The summed E-state index contributed by atoms with van der Waals surface area (Å²) in [6, 6.07) is 3.34. The summed E-state index contributed by atoms with van der Waals surface area (Å²) in [4.78, 5) is 3.92. The lowest BCUT2D eigenvalue weighted by Crippen LogP contribution is -2.27. The van der Waals surface area contributed by atoms with Crippen LogP contribution in [0.2, 0.25) is 0 Å². The van der Waals surface area contributed by atoms with Gasteiger partial charge < -0.3 is 0 Å². The summed E-state index contributed by atoms with van der Waals surface area (Å²) in [5.41, 5.74) is 0.844. The van der Waals surface area contributed by atoms with Crippen molar-refractivity contribution in [2.24, 2.45) is 0 Å². The van der Waals surface area contributed by atoms with Crippen LogP contribution < -0.4 is 4.72 Å².